The van der Waals surface area contributed by atoms with E-state index in [0.717, 1.165) is 0 Å². The first-order valence-electron chi connectivity index (χ1n) is 5.50. The molecule has 0 fully saturated rings. The van der Waals surface area contributed by atoms with E-state index in [9.17, 15) is 4.79 Å². The lowest BCUT2D eigenvalue weighted by molar-refractivity contribution is -0.122. The molecule has 1 amide bonds. The summed E-state index contributed by atoms with van der Waals surface area (Å²) >= 11 is 0. The molecular weight excluding hydrogens is 190 g/mol. The SMILES string of the molecule is CCNC(=O)CN(C)C(CN)C(C)(C)C. The third-order valence-electron chi connectivity index (χ3n) is 2.52. The van der Waals surface area contributed by atoms with E-state index in [1.54, 1.807) is 0 Å². The minimum absolute atomic E-state index is 0.0581. The molecule has 0 aromatic carbocycles. The van der Waals surface area contributed by atoms with Crippen molar-refractivity contribution in [1.29, 1.82) is 0 Å². The number of carbonyl (C=O) groups is 1. The molecule has 0 saturated heterocycles. The number of nitrogens with two attached hydrogens (primary N) is 1. The highest BCUT2D eigenvalue weighted by Crippen LogP contribution is 2.22. The fraction of sp³-hybridized carbons (Fsp3) is 0.909. The van der Waals surface area contributed by atoms with Crippen molar-refractivity contribution >= 4 is 5.91 Å². The fourth-order valence-electron chi connectivity index (χ4n) is 1.78. The van der Waals surface area contributed by atoms with Crippen LogP contribution in [0.4, 0.5) is 0 Å². The zero-order valence-corrected chi connectivity index (χ0v) is 10.6. The zero-order chi connectivity index (χ0) is 12.1. The van der Waals surface area contributed by atoms with Gasteiger partial charge < -0.3 is 11.1 Å². The molecule has 4 heteroatoms. The van der Waals surface area contributed by atoms with E-state index >= 15 is 0 Å². The van der Waals surface area contributed by atoms with Crippen LogP contribution in [0, 0.1) is 5.41 Å². The van der Waals surface area contributed by atoms with Crippen LogP contribution in [0.5, 0.6) is 0 Å². The van der Waals surface area contributed by atoms with Gasteiger partial charge in [0.15, 0.2) is 0 Å². The molecule has 90 valence electrons. The van der Waals surface area contributed by atoms with Crippen molar-refractivity contribution in [2.24, 2.45) is 11.1 Å². The summed E-state index contributed by atoms with van der Waals surface area (Å²) in [7, 11) is 1.94. The fourth-order valence-corrected chi connectivity index (χ4v) is 1.78. The molecule has 0 radical (unpaired) electrons. The van der Waals surface area contributed by atoms with E-state index in [2.05, 4.69) is 26.1 Å². The van der Waals surface area contributed by atoms with E-state index in [4.69, 9.17) is 5.73 Å². The van der Waals surface area contributed by atoms with Crippen molar-refractivity contribution < 1.29 is 4.79 Å². The van der Waals surface area contributed by atoms with Gasteiger partial charge in [0.1, 0.15) is 0 Å². The van der Waals surface area contributed by atoms with Crippen LogP contribution in [0.3, 0.4) is 0 Å². The maximum Gasteiger partial charge on any atom is 0.234 e. The van der Waals surface area contributed by atoms with Crippen LogP contribution in [-0.2, 0) is 4.79 Å². The van der Waals surface area contributed by atoms with Crippen molar-refractivity contribution in [3.63, 3.8) is 0 Å². The quantitative estimate of drug-likeness (QED) is 0.699. The van der Waals surface area contributed by atoms with Crippen LogP contribution < -0.4 is 11.1 Å². The second kappa shape index (κ2) is 6.08. The molecule has 0 aliphatic rings. The summed E-state index contributed by atoms with van der Waals surface area (Å²) in [5, 5.41) is 2.79. The predicted molar refractivity (Wildman–Crippen MR) is 63.6 cm³/mol. The molecule has 0 saturated carbocycles. The highest BCUT2D eigenvalue weighted by molar-refractivity contribution is 5.77. The third kappa shape index (κ3) is 5.14. The number of amides is 1. The second-order valence-corrected chi connectivity index (χ2v) is 4.99. The molecule has 0 spiro atoms. The lowest BCUT2D eigenvalue weighted by Gasteiger charge is -2.36. The van der Waals surface area contributed by atoms with Crippen molar-refractivity contribution in [2.75, 3.05) is 26.7 Å². The average Bonchev–Trinajstić information content (AvgIpc) is 2.02. The molecule has 0 aliphatic carbocycles. The van der Waals surface area contributed by atoms with Gasteiger partial charge in [0.25, 0.3) is 0 Å². The standard InChI is InChI=1S/C11H25N3O/c1-6-13-10(15)8-14(5)9(7-12)11(2,3)4/h9H,6-8,12H2,1-5H3,(H,13,15). The Morgan fingerprint density at radius 1 is 1.47 bits per heavy atom. The Morgan fingerprint density at radius 2 is 2.00 bits per heavy atom. The number of nitrogens with zero attached hydrogens (tertiary/aromatic N) is 1. The van der Waals surface area contributed by atoms with Crippen LogP contribution in [0.2, 0.25) is 0 Å². The largest absolute Gasteiger partial charge is 0.355 e. The summed E-state index contributed by atoms with van der Waals surface area (Å²) in [5.41, 5.74) is 5.83. The Labute approximate surface area is 93.2 Å². The number of likely N-dealkylation sites (N-methyl/N-ethyl adjacent to an activating group) is 2. The van der Waals surface area contributed by atoms with Crippen molar-refractivity contribution in [3.8, 4) is 0 Å². The van der Waals surface area contributed by atoms with Gasteiger partial charge in [0.2, 0.25) is 5.91 Å². The molecule has 0 aromatic heterocycles. The Kier molecular flexibility index (Phi) is 5.83. The van der Waals surface area contributed by atoms with Gasteiger partial charge in [-0.05, 0) is 19.4 Å². The first kappa shape index (κ1) is 14.4. The normalized spacial score (nSPS) is 14.1. The summed E-state index contributed by atoms with van der Waals surface area (Å²) in [6.07, 6.45) is 0. The molecule has 0 bridgehead atoms. The van der Waals surface area contributed by atoms with Crippen molar-refractivity contribution in [3.05, 3.63) is 0 Å². The Balaban J connectivity index is 4.28. The Morgan fingerprint density at radius 3 is 2.33 bits per heavy atom. The number of nitrogens with one attached hydrogen (secondary N) is 1. The van der Waals surface area contributed by atoms with Gasteiger partial charge in [-0.1, -0.05) is 20.8 Å². The molecule has 0 heterocycles. The molecule has 0 aliphatic heterocycles. The minimum Gasteiger partial charge on any atom is -0.355 e. The van der Waals surface area contributed by atoms with Gasteiger partial charge in [-0.15, -0.1) is 0 Å². The van der Waals surface area contributed by atoms with Gasteiger partial charge >= 0.3 is 0 Å². The third-order valence-corrected chi connectivity index (χ3v) is 2.52. The van der Waals surface area contributed by atoms with Crippen LogP contribution in [0.25, 0.3) is 0 Å². The molecule has 1 atom stereocenters. The smallest absolute Gasteiger partial charge is 0.234 e. The average molecular weight is 215 g/mol. The summed E-state index contributed by atoms with van der Waals surface area (Å²) in [4.78, 5) is 13.4. The lowest BCUT2D eigenvalue weighted by Crippen LogP contribution is -2.50. The number of hydrogen-bond acceptors (Lipinski definition) is 3. The van der Waals surface area contributed by atoms with Gasteiger partial charge in [-0.2, -0.15) is 0 Å². The summed E-state index contributed by atoms with van der Waals surface area (Å²) in [5.74, 6) is 0.0581. The van der Waals surface area contributed by atoms with E-state index in [1.165, 1.54) is 0 Å². The molecule has 0 rings (SSSR count). The van der Waals surface area contributed by atoms with E-state index in [-0.39, 0.29) is 17.4 Å². The summed E-state index contributed by atoms with van der Waals surface area (Å²) < 4.78 is 0. The number of rotatable bonds is 5. The molecular formula is C11H25N3O. The highest BCUT2D eigenvalue weighted by atomic mass is 16.2. The van der Waals surface area contributed by atoms with Crippen LogP contribution in [0.15, 0.2) is 0 Å². The molecule has 1 unspecified atom stereocenters. The molecule has 3 N–H and O–H groups in total. The zero-order valence-electron chi connectivity index (χ0n) is 10.6. The van der Waals surface area contributed by atoms with E-state index in [0.29, 0.717) is 19.6 Å². The van der Waals surface area contributed by atoms with Crippen molar-refractivity contribution in [1.82, 2.24) is 10.2 Å². The van der Waals surface area contributed by atoms with E-state index in [1.807, 2.05) is 18.9 Å². The second-order valence-electron chi connectivity index (χ2n) is 4.99. The van der Waals surface area contributed by atoms with E-state index < -0.39 is 0 Å². The first-order valence-corrected chi connectivity index (χ1v) is 5.50. The van der Waals surface area contributed by atoms with Crippen molar-refractivity contribution in [2.45, 2.75) is 33.7 Å². The summed E-state index contributed by atoms with van der Waals surface area (Å²) in [6, 6.07) is 0.222. The topological polar surface area (TPSA) is 58.4 Å². The minimum atomic E-state index is 0.0581. The van der Waals surface area contributed by atoms with Gasteiger partial charge in [-0.3, -0.25) is 9.69 Å². The molecule has 0 aromatic rings. The molecule has 15 heavy (non-hydrogen) atoms. The Bertz CT molecular complexity index is 198. The van der Waals surface area contributed by atoms with Gasteiger partial charge in [0, 0.05) is 19.1 Å². The van der Waals surface area contributed by atoms with Gasteiger partial charge in [-0.25, -0.2) is 0 Å². The lowest BCUT2D eigenvalue weighted by atomic mass is 9.86. The number of carbonyl (C=O) groups excluding carboxylic acids is 1. The maximum atomic E-state index is 11.4. The van der Waals surface area contributed by atoms with Gasteiger partial charge in [0.05, 0.1) is 6.54 Å². The molecule has 4 nitrogen and oxygen atoms in total. The monoisotopic (exact) mass is 215 g/mol. The van der Waals surface area contributed by atoms with Crippen LogP contribution in [-0.4, -0.2) is 43.5 Å². The predicted octanol–water partition coefficient (Wildman–Crippen LogP) is 0.428. The maximum absolute atomic E-state index is 11.4. The highest BCUT2D eigenvalue weighted by Gasteiger charge is 2.27. The Hall–Kier alpha value is -0.610. The first-order chi connectivity index (χ1) is 6.82. The van der Waals surface area contributed by atoms with Crippen LogP contribution in [0.1, 0.15) is 27.7 Å². The van der Waals surface area contributed by atoms with Crippen LogP contribution >= 0.6 is 0 Å². The summed E-state index contributed by atoms with van der Waals surface area (Å²) in [6.45, 7) is 9.99. The number of hydrogen-bond donors (Lipinski definition) is 2.